The molecule has 12 heteroatoms. The summed E-state index contributed by atoms with van der Waals surface area (Å²) in [6, 6.07) is 21.1. The zero-order valence-electron chi connectivity index (χ0n) is 21.5. The number of carbonyl (C=O) groups is 3. The molecule has 0 fully saturated rings. The van der Waals surface area contributed by atoms with E-state index < -0.39 is 54.7 Å². The minimum absolute atomic E-state index is 0.213. The number of anilines is 3. The van der Waals surface area contributed by atoms with Gasteiger partial charge in [0.2, 0.25) is 17.7 Å². The van der Waals surface area contributed by atoms with Crippen molar-refractivity contribution in [3.8, 4) is 6.07 Å². The zero-order valence-corrected chi connectivity index (χ0v) is 22.2. The van der Waals surface area contributed by atoms with Crippen molar-refractivity contribution in [3.63, 3.8) is 0 Å². The van der Waals surface area contributed by atoms with Crippen LogP contribution >= 0.6 is 11.6 Å². The van der Waals surface area contributed by atoms with Crippen molar-refractivity contribution < 1.29 is 27.6 Å². The fourth-order valence-corrected chi connectivity index (χ4v) is 5.13. The molecule has 41 heavy (non-hydrogen) atoms. The van der Waals surface area contributed by atoms with E-state index in [4.69, 9.17) is 17.3 Å². The summed E-state index contributed by atoms with van der Waals surface area (Å²) in [4.78, 5) is 40.9. The van der Waals surface area contributed by atoms with Crippen LogP contribution in [0, 0.1) is 17.2 Å². The molecule has 4 N–H and O–H groups in total. The van der Waals surface area contributed by atoms with Gasteiger partial charge in [-0.25, -0.2) is 0 Å². The Morgan fingerprint density at radius 2 is 1.83 bits per heavy atom. The number of nitrogens with one attached hydrogen (secondary N) is 2. The number of nitriles is 1. The van der Waals surface area contributed by atoms with Crippen LogP contribution in [-0.4, -0.2) is 30.1 Å². The van der Waals surface area contributed by atoms with Crippen molar-refractivity contribution in [2.75, 3.05) is 10.2 Å². The van der Waals surface area contributed by atoms with Gasteiger partial charge in [0.05, 0.1) is 46.3 Å². The second-order valence-corrected chi connectivity index (χ2v) is 9.90. The highest BCUT2D eigenvalue weighted by atomic mass is 35.5. The SMILES string of the molecule is N#Cc1cccc(N2c3cccc(Cl)c3NC(=O)CC2NC(=O)[C@H](CCC(F)(F)F)[C@@H](C(N)=O)c2ccccc2)c1. The van der Waals surface area contributed by atoms with Gasteiger partial charge in [-0.3, -0.25) is 14.4 Å². The van der Waals surface area contributed by atoms with Gasteiger partial charge in [0.1, 0.15) is 6.17 Å². The number of rotatable bonds is 8. The van der Waals surface area contributed by atoms with Crippen molar-refractivity contribution in [1.82, 2.24) is 5.32 Å². The number of nitrogens with zero attached hydrogens (tertiary/aromatic N) is 2. The predicted octanol–water partition coefficient (Wildman–Crippen LogP) is 5.36. The Labute approximate surface area is 238 Å². The molecule has 0 saturated heterocycles. The Balaban J connectivity index is 1.79. The predicted molar refractivity (Wildman–Crippen MR) is 147 cm³/mol. The van der Waals surface area contributed by atoms with Crippen LogP contribution in [0.1, 0.15) is 36.3 Å². The maximum absolute atomic E-state index is 13.8. The summed E-state index contributed by atoms with van der Waals surface area (Å²) in [7, 11) is 0. The van der Waals surface area contributed by atoms with Gasteiger partial charge < -0.3 is 21.3 Å². The number of carbonyl (C=O) groups excluding carboxylic acids is 3. The molecule has 1 unspecified atom stereocenters. The van der Waals surface area contributed by atoms with Crippen molar-refractivity contribution in [3.05, 3.63) is 88.9 Å². The number of alkyl halides is 3. The molecule has 0 aliphatic carbocycles. The van der Waals surface area contributed by atoms with E-state index in [0.29, 0.717) is 16.9 Å². The molecule has 0 saturated carbocycles. The fourth-order valence-electron chi connectivity index (χ4n) is 4.92. The highest BCUT2D eigenvalue weighted by molar-refractivity contribution is 6.34. The Morgan fingerprint density at radius 1 is 1.12 bits per heavy atom. The van der Waals surface area contributed by atoms with Gasteiger partial charge >= 0.3 is 6.18 Å². The summed E-state index contributed by atoms with van der Waals surface area (Å²) in [6.45, 7) is 0. The van der Waals surface area contributed by atoms with Crippen LogP contribution < -0.4 is 21.3 Å². The van der Waals surface area contributed by atoms with Gasteiger partial charge in [0, 0.05) is 12.1 Å². The summed E-state index contributed by atoms with van der Waals surface area (Å²) < 4.78 is 40.0. The topological polar surface area (TPSA) is 128 Å². The summed E-state index contributed by atoms with van der Waals surface area (Å²) >= 11 is 6.38. The van der Waals surface area contributed by atoms with Crippen LogP contribution in [0.2, 0.25) is 5.02 Å². The largest absolute Gasteiger partial charge is 0.389 e. The lowest BCUT2D eigenvalue weighted by atomic mass is 9.81. The molecule has 0 spiro atoms. The van der Waals surface area contributed by atoms with E-state index in [1.54, 1.807) is 59.5 Å². The molecule has 4 rings (SSSR count). The van der Waals surface area contributed by atoms with Gasteiger partial charge in [-0.05, 0) is 42.3 Å². The van der Waals surface area contributed by atoms with Gasteiger partial charge in [-0.1, -0.05) is 54.1 Å². The molecule has 0 bridgehead atoms. The van der Waals surface area contributed by atoms with Gasteiger partial charge in [0.25, 0.3) is 0 Å². The second-order valence-electron chi connectivity index (χ2n) is 9.49. The standard InChI is InChI=1S/C29H25ClF3N5O3/c30-21-10-5-11-22-26(21)37-24(39)15-23(38(22)19-9-4-6-17(14-19)16-34)36-28(41)20(12-13-29(31,32)33)25(27(35)40)18-7-2-1-3-8-18/h1-11,14,20,23,25H,12-13,15H2,(H2,35,40)(H,36,41)(H,37,39)/t20-,23?,25+/m1/s1. The second kappa shape index (κ2) is 12.3. The third kappa shape index (κ3) is 6.96. The minimum atomic E-state index is -4.60. The van der Waals surface area contributed by atoms with E-state index >= 15 is 0 Å². The first kappa shape index (κ1) is 29.4. The molecule has 8 nitrogen and oxygen atoms in total. The van der Waals surface area contributed by atoms with E-state index in [9.17, 15) is 32.8 Å². The van der Waals surface area contributed by atoms with Gasteiger partial charge in [-0.2, -0.15) is 18.4 Å². The molecule has 3 amide bonds. The summed E-state index contributed by atoms with van der Waals surface area (Å²) in [5, 5.41) is 15.1. The Hall–Kier alpha value is -4.56. The molecule has 3 aromatic carbocycles. The number of nitrogens with two attached hydrogens (primary N) is 1. The Morgan fingerprint density at radius 3 is 2.49 bits per heavy atom. The van der Waals surface area contributed by atoms with Crippen LogP contribution in [0.25, 0.3) is 0 Å². The van der Waals surface area contributed by atoms with Crippen molar-refractivity contribution in [2.24, 2.45) is 11.7 Å². The maximum atomic E-state index is 13.8. The molecule has 1 heterocycles. The smallest absolute Gasteiger partial charge is 0.369 e. The molecule has 0 radical (unpaired) electrons. The third-order valence-electron chi connectivity index (χ3n) is 6.71. The maximum Gasteiger partial charge on any atom is 0.389 e. The van der Waals surface area contributed by atoms with E-state index in [0.717, 1.165) is 0 Å². The molecule has 0 aromatic heterocycles. The number of fused-ring (bicyclic) bond motifs is 1. The van der Waals surface area contributed by atoms with Crippen LogP contribution in [-0.2, 0) is 14.4 Å². The quantitative estimate of drug-likeness (QED) is 0.329. The lowest BCUT2D eigenvalue weighted by Crippen LogP contribution is -2.50. The summed E-state index contributed by atoms with van der Waals surface area (Å²) in [6.07, 6.45) is -8.11. The summed E-state index contributed by atoms with van der Waals surface area (Å²) in [5.41, 5.74) is 7.27. The van der Waals surface area contributed by atoms with Gasteiger partial charge in [-0.15, -0.1) is 0 Å². The van der Waals surface area contributed by atoms with E-state index in [1.165, 1.54) is 18.2 Å². The number of hydrogen-bond donors (Lipinski definition) is 3. The number of primary amides is 1. The number of halogens is 4. The van der Waals surface area contributed by atoms with E-state index in [1.807, 2.05) is 6.07 Å². The molecule has 212 valence electrons. The molecule has 1 aliphatic rings. The highest BCUT2D eigenvalue weighted by Crippen LogP contribution is 2.41. The first-order valence-corrected chi connectivity index (χ1v) is 13.0. The highest BCUT2D eigenvalue weighted by Gasteiger charge is 2.40. The molecule has 3 atom stereocenters. The molecular formula is C29H25ClF3N5O3. The number of amides is 3. The van der Waals surface area contributed by atoms with E-state index in [-0.39, 0.29) is 22.7 Å². The third-order valence-corrected chi connectivity index (χ3v) is 7.03. The van der Waals surface area contributed by atoms with Crippen LogP contribution in [0.5, 0.6) is 0 Å². The normalized spacial score (nSPS) is 16.4. The van der Waals surface area contributed by atoms with Crippen molar-refractivity contribution >= 4 is 46.4 Å². The number of hydrogen-bond acceptors (Lipinski definition) is 5. The average molecular weight is 584 g/mol. The Kier molecular flexibility index (Phi) is 8.83. The monoisotopic (exact) mass is 583 g/mol. The fraction of sp³-hybridized carbons (Fsp3) is 0.241. The van der Waals surface area contributed by atoms with Crippen LogP contribution in [0.15, 0.2) is 72.8 Å². The van der Waals surface area contributed by atoms with Crippen LogP contribution in [0.3, 0.4) is 0 Å². The lowest BCUT2D eigenvalue weighted by molar-refractivity contribution is -0.144. The lowest BCUT2D eigenvalue weighted by Gasteiger charge is -2.35. The van der Waals surface area contributed by atoms with Gasteiger partial charge in [0.15, 0.2) is 0 Å². The first-order valence-electron chi connectivity index (χ1n) is 12.6. The average Bonchev–Trinajstić information content (AvgIpc) is 3.06. The van der Waals surface area contributed by atoms with Crippen molar-refractivity contribution in [1.29, 1.82) is 5.26 Å². The Bertz CT molecular complexity index is 1490. The van der Waals surface area contributed by atoms with E-state index in [2.05, 4.69) is 10.6 Å². The van der Waals surface area contributed by atoms with Crippen molar-refractivity contribution in [2.45, 2.75) is 37.5 Å². The summed E-state index contributed by atoms with van der Waals surface area (Å²) in [5.74, 6) is -5.26. The zero-order chi connectivity index (χ0) is 29.7. The molecule has 1 aliphatic heterocycles. The minimum Gasteiger partial charge on any atom is -0.369 e. The first-order chi connectivity index (χ1) is 19.5. The number of benzene rings is 3. The number of para-hydroxylation sites is 1. The van der Waals surface area contributed by atoms with Crippen LogP contribution in [0.4, 0.5) is 30.2 Å². The molecular weight excluding hydrogens is 559 g/mol. The molecule has 3 aromatic rings.